The first kappa shape index (κ1) is 14.0. The fraction of sp³-hybridized carbons (Fsp3) is 0.571. The van der Waals surface area contributed by atoms with Crippen molar-refractivity contribution in [3.8, 4) is 0 Å². The van der Waals surface area contributed by atoms with E-state index in [1.54, 1.807) is 13.0 Å². The van der Waals surface area contributed by atoms with Crippen molar-refractivity contribution in [2.75, 3.05) is 20.1 Å². The van der Waals surface area contributed by atoms with Gasteiger partial charge in [0.2, 0.25) is 0 Å². The molecule has 0 aromatic heterocycles. The number of nitrogens with one attached hydrogen (secondary N) is 1. The monoisotopic (exact) mass is 263 g/mol. The molecule has 0 saturated carbocycles. The molecule has 5 heteroatoms. The van der Waals surface area contributed by atoms with Gasteiger partial charge < -0.3 is 10.2 Å². The van der Waals surface area contributed by atoms with Crippen LogP contribution in [-0.2, 0) is 6.54 Å². The van der Waals surface area contributed by atoms with Gasteiger partial charge in [-0.1, -0.05) is 18.2 Å². The van der Waals surface area contributed by atoms with Crippen molar-refractivity contribution in [1.82, 2.24) is 10.2 Å². The van der Waals surface area contributed by atoms with Gasteiger partial charge in [-0.25, -0.2) is 0 Å². The van der Waals surface area contributed by atoms with E-state index in [2.05, 4.69) is 17.3 Å². The maximum Gasteiger partial charge on any atom is 0.276 e. The van der Waals surface area contributed by atoms with E-state index in [0.717, 1.165) is 37.1 Å². The number of hydrogen-bond acceptors (Lipinski definition) is 4. The van der Waals surface area contributed by atoms with Gasteiger partial charge in [0.25, 0.3) is 5.69 Å². The Bertz CT molecular complexity index is 454. The van der Waals surface area contributed by atoms with Crippen molar-refractivity contribution >= 4 is 5.69 Å². The third-order valence-electron chi connectivity index (χ3n) is 3.80. The quantitative estimate of drug-likeness (QED) is 0.667. The molecule has 0 unspecified atom stereocenters. The number of aryl methyl sites for hydroxylation is 1. The average Bonchev–Trinajstić information content (AvgIpc) is 2.37. The van der Waals surface area contributed by atoms with E-state index >= 15 is 0 Å². The van der Waals surface area contributed by atoms with Crippen LogP contribution in [0.3, 0.4) is 0 Å². The lowest BCUT2D eigenvalue weighted by Gasteiger charge is -2.29. The highest BCUT2D eigenvalue weighted by Crippen LogP contribution is 2.23. The maximum atomic E-state index is 11.1. The molecule has 1 saturated heterocycles. The van der Waals surface area contributed by atoms with Gasteiger partial charge in [-0.2, -0.15) is 0 Å². The summed E-state index contributed by atoms with van der Waals surface area (Å²) in [4.78, 5) is 13.1. The van der Waals surface area contributed by atoms with Gasteiger partial charge >= 0.3 is 0 Å². The van der Waals surface area contributed by atoms with Crippen LogP contribution in [-0.4, -0.2) is 36.0 Å². The number of hydrogen-bond donors (Lipinski definition) is 1. The molecule has 1 aliphatic rings. The minimum absolute atomic E-state index is 0.253. The minimum atomic E-state index is -0.277. The molecule has 0 aliphatic carbocycles. The highest BCUT2D eigenvalue weighted by Gasteiger charge is 2.19. The Labute approximate surface area is 113 Å². The van der Waals surface area contributed by atoms with Crippen LogP contribution >= 0.6 is 0 Å². The molecule has 1 aromatic carbocycles. The second kappa shape index (κ2) is 6.12. The number of nitrogens with zero attached hydrogens (tertiary/aromatic N) is 2. The number of likely N-dealkylation sites (tertiary alicyclic amines) is 1. The van der Waals surface area contributed by atoms with Gasteiger partial charge in [0.15, 0.2) is 0 Å². The lowest BCUT2D eigenvalue weighted by Crippen LogP contribution is -2.40. The number of nitro groups is 1. The van der Waals surface area contributed by atoms with E-state index in [1.165, 1.54) is 0 Å². The number of nitro benzene ring substituents is 1. The maximum absolute atomic E-state index is 11.1. The average molecular weight is 263 g/mol. The minimum Gasteiger partial charge on any atom is -0.310 e. The lowest BCUT2D eigenvalue weighted by atomic mass is 10.0. The summed E-state index contributed by atoms with van der Waals surface area (Å²) in [5.41, 5.74) is 1.76. The first-order valence-electron chi connectivity index (χ1n) is 6.72. The summed E-state index contributed by atoms with van der Waals surface area (Å²) in [5.74, 6) is 0. The van der Waals surface area contributed by atoms with Gasteiger partial charge in [-0.3, -0.25) is 10.1 Å². The highest BCUT2D eigenvalue weighted by molar-refractivity contribution is 5.46. The number of piperidine rings is 1. The van der Waals surface area contributed by atoms with Gasteiger partial charge in [0, 0.05) is 23.7 Å². The summed E-state index contributed by atoms with van der Waals surface area (Å²) in [6.45, 7) is 4.55. The molecule has 5 nitrogen and oxygen atoms in total. The van der Waals surface area contributed by atoms with Crippen LogP contribution in [0.15, 0.2) is 18.2 Å². The van der Waals surface area contributed by atoms with Crippen molar-refractivity contribution in [1.29, 1.82) is 0 Å². The number of para-hydroxylation sites is 1. The van der Waals surface area contributed by atoms with Crippen molar-refractivity contribution in [2.45, 2.75) is 32.4 Å². The fourth-order valence-corrected chi connectivity index (χ4v) is 2.59. The van der Waals surface area contributed by atoms with Crippen LogP contribution in [0.1, 0.15) is 24.0 Å². The first-order valence-corrected chi connectivity index (χ1v) is 6.72. The van der Waals surface area contributed by atoms with E-state index in [4.69, 9.17) is 0 Å². The Balaban J connectivity index is 2.00. The number of benzene rings is 1. The molecule has 0 radical (unpaired) electrons. The smallest absolute Gasteiger partial charge is 0.276 e. The molecule has 0 atom stereocenters. The molecular formula is C14H21N3O2. The molecule has 1 fully saturated rings. The second-order valence-electron chi connectivity index (χ2n) is 5.30. The van der Waals surface area contributed by atoms with Crippen molar-refractivity contribution < 1.29 is 4.92 Å². The van der Waals surface area contributed by atoms with Gasteiger partial charge in [0.1, 0.15) is 0 Å². The Morgan fingerprint density at radius 3 is 2.74 bits per heavy atom. The molecule has 0 bridgehead atoms. The van der Waals surface area contributed by atoms with E-state index in [0.29, 0.717) is 12.6 Å². The zero-order chi connectivity index (χ0) is 13.8. The van der Waals surface area contributed by atoms with Crippen LogP contribution in [0.4, 0.5) is 5.69 Å². The Kier molecular flexibility index (Phi) is 4.50. The van der Waals surface area contributed by atoms with E-state index in [1.807, 2.05) is 12.1 Å². The van der Waals surface area contributed by atoms with Gasteiger partial charge in [0.05, 0.1) is 4.92 Å². The molecule has 19 heavy (non-hydrogen) atoms. The van der Waals surface area contributed by atoms with Gasteiger partial charge in [-0.05, 0) is 39.9 Å². The summed E-state index contributed by atoms with van der Waals surface area (Å²) in [6, 6.07) is 5.98. The SMILES string of the molecule is Cc1cccc(CNC2CCN(C)CC2)c1[N+](=O)[O-]. The summed E-state index contributed by atoms with van der Waals surface area (Å²) < 4.78 is 0. The normalized spacial score (nSPS) is 17.6. The van der Waals surface area contributed by atoms with Crippen molar-refractivity contribution in [2.24, 2.45) is 0 Å². The van der Waals surface area contributed by atoms with Crippen molar-refractivity contribution in [3.63, 3.8) is 0 Å². The molecule has 1 heterocycles. The summed E-state index contributed by atoms with van der Waals surface area (Å²) in [7, 11) is 2.13. The molecule has 1 N–H and O–H groups in total. The predicted octanol–water partition coefficient (Wildman–Crippen LogP) is 2.09. The lowest BCUT2D eigenvalue weighted by molar-refractivity contribution is -0.386. The fourth-order valence-electron chi connectivity index (χ4n) is 2.59. The Morgan fingerprint density at radius 1 is 1.42 bits per heavy atom. The highest BCUT2D eigenvalue weighted by atomic mass is 16.6. The third-order valence-corrected chi connectivity index (χ3v) is 3.80. The number of rotatable bonds is 4. The van der Waals surface area contributed by atoms with Gasteiger partial charge in [-0.15, -0.1) is 0 Å². The second-order valence-corrected chi connectivity index (χ2v) is 5.30. The van der Waals surface area contributed by atoms with Crippen LogP contribution in [0.2, 0.25) is 0 Å². The molecule has 1 aromatic rings. The Hall–Kier alpha value is -1.46. The first-order chi connectivity index (χ1) is 9.08. The molecule has 1 aliphatic heterocycles. The van der Waals surface area contributed by atoms with E-state index < -0.39 is 0 Å². The molecule has 0 amide bonds. The van der Waals surface area contributed by atoms with Crippen LogP contribution in [0, 0.1) is 17.0 Å². The zero-order valence-corrected chi connectivity index (χ0v) is 11.6. The predicted molar refractivity (Wildman–Crippen MR) is 75.2 cm³/mol. The van der Waals surface area contributed by atoms with Crippen LogP contribution in [0.5, 0.6) is 0 Å². The standard InChI is InChI=1S/C14H21N3O2/c1-11-4-3-5-12(14(11)17(18)19)10-15-13-6-8-16(2)9-7-13/h3-5,13,15H,6-10H2,1-2H3. The topological polar surface area (TPSA) is 58.4 Å². The van der Waals surface area contributed by atoms with E-state index in [-0.39, 0.29) is 10.6 Å². The van der Waals surface area contributed by atoms with Crippen molar-refractivity contribution in [3.05, 3.63) is 39.4 Å². The molecule has 2 rings (SSSR count). The molecule has 0 spiro atoms. The van der Waals surface area contributed by atoms with Crippen LogP contribution < -0.4 is 5.32 Å². The molecular weight excluding hydrogens is 242 g/mol. The zero-order valence-electron chi connectivity index (χ0n) is 11.6. The van der Waals surface area contributed by atoms with Crippen LogP contribution in [0.25, 0.3) is 0 Å². The Morgan fingerprint density at radius 2 is 2.11 bits per heavy atom. The third kappa shape index (κ3) is 3.52. The largest absolute Gasteiger partial charge is 0.310 e. The van der Waals surface area contributed by atoms with E-state index in [9.17, 15) is 10.1 Å². The summed E-state index contributed by atoms with van der Waals surface area (Å²) in [6.07, 6.45) is 2.21. The summed E-state index contributed by atoms with van der Waals surface area (Å²) >= 11 is 0. The molecule has 104 valence electrons. The summed E-state index contributed by atoms with van der Waals surface area (Å²) in [5, 5.41) is 14.6.